The minimum Gasteiger partial charge on any atom is -0.456 e. The van der Waals surface area contributed by atoms with Gasteiger partial charge in [0.15, 0.2) is 24.5 Å². The molecule has 11 heteroatoms. The third kappa shape index (κ3) is 4.73. The van der Waals surface area contributed by atoms with Crippen LogP contribution in [0.25, 0.3) is 0 Å². The molecule has 1 N–H and O–H groups in total. The molecule has 0 bridgehead atoms. The van der Waals surface area contributed by atoms with Crippen LogP contribution in [0.3, 0.4) is 0 Å². The van der Waals surface area contributed by atoms with Crippen molar-refractivity contribution in [2.45, 2.75) is 51.9 Å². The summed E-state index contributed by atoms with van der Waals surface area (Å²) < 4.78 is 22.4. The maximum atomic E-state index is 11.5. The molecule has 1 aliphatic rings. The Morgan fingerprint density at radius 2 is 1.76 bits per heavy atom. The summed E-state index contributed by atoms with van der Waals surface area (Å²) >= 11 is 0. The Kier molecular flexibility index (Phi) is 6.04. The summed E-state index contributed by atoms with van der Waals surface area (Å²) in [5.74, 6) is -1.90. The first-order valence-electron chi connectivity index (χ1n) is 7.46. The summed E-state index contributed by atoms with van der Waals surface area (Å²) in [6, 6.07) is 0. The lowest BCUT2D eigenvalue weighted by molar-refractivity contribution is -0.241. The predicted molar refractivity (Wildman–Crippen MR) is 77.6 cm³/mol. The zero-order valence-corrected chi connectivity index (χ0v) is 13.9. The number of aliphatic hydroxyl groups is 1. The van der Waals surface area contributed by atoms with Crippen LogP contribution in [-0.4, -0.2) is 62.9 Å². The molecule has 1 fully saturated rings. The Hall–Kier alpha value is -2.53. The smallest absolute Gasteiger partial charge is 0.303 e. The van der Waals surface area contributed by atoms with Crippen LogP contribution in [0, 0.1) is 0 Å². The average Bonchev–Trinajstić information content (AvgIpc) is 2.98. The van der Waals surface area contributed by atoms with E-state index in [-0.39, 0.29) is 18.9 Å². The van der Waals surface area contributed by atoms with Crippen molar-refractivity contribution < 1.29 is 38.4 Å². The highest BCUT2D eigenvalue weighted by Gasteiger charge is 2.48. The highest BCUT2D eigenvalue weighted by Crippen LogP contribution is 2.30. The summed E-state index contributed by atoms with van der Waals surface area (Å²) in [6.45, 7) is 3.10. The van der Waals surface area contributed by atoms with E-state index in [9.17, 15) is 14.4 Å². The molecule has 1 saturated heterocycles. The van der Waals surface area contributed by atoms with Gasteiger partial charge < -0.3 is 24.1 Å². The lowest BCUT2D eigenvalue weighted by Gasteiger charge is -2.40. The number of rotatable bonds is 5. The number of aliphatic hydroxyl groups excluding tert-OH is 1. The van der Waals surface area contributed by atoms with Crippen molar-refractivity contribution in [2.24, 2.45) is 0 Å². The van der Waals surface area contributed by atoms with Gasteiger partial charge in [0.1, 0.15) is 5.69 Å². The third-order valence-corrected chi connectivity index (χ3v) is 3.30. The quantitative estimate of drug-likeness (QED) is 0.520. The van der Waals surface area contributed by atoms with E-state index in [4.69, 9.17) is 24.1 Å². The molecule has 0 radical (unpaired) electrons. The van der Waals surface area contributed by atoms with Crippen LogP contribution in [0.15, 0.2) is 6.20 Å². The summed E-state index contributed by atoms with van der Waals surface area (Å²) in [4.78, 5) is 34.2. The van der Waals surface area contributed by atoms with Gasteiger partial charge in [-0.05, 0) is 0 Å². The molecule has 11 nitrogen and oxygen atoms in total. The van der Waals surface area contributed by atoms with E-state index in [1.54, 1.807) is 0 Å². The van der Waals surface area contributed by atoms with Crippen LogP contribution >= 0.6 is 0 Å². The average molecular weight is 357 g/mol. The zero-order chi connectivity index (χ0) is 18.6. The maximum Gasteiger partial charge on any atom is 0.303 e. The van der Waals surface area contributed by atoms with Gasteiger partial charge in [-0.25, -0.2) is 4.68 Å². The minimum absolute atomic E-state index is 0.117. The molecule has 0 aliphatic carbocycles. The maximum absolute atomic E-state index is 11.5. The number of carbonyl (C=O) groups is 3. The molecule has 25 heavy (non-hydrogen) atoms. The normalized spacial score (nSPS) is 25.9. The van der Waals surface area contributed by atoms with Gasteiger partial charge in [0.2, 0.25) is 0 Å². The van der Waals surface area contributed by atoms with Crippen molar-refractivity contribution >= 4 is 17.9 Å². The molecule has 4 atom stereocenters. The first-order chi connectivity index (χ1) is 11.8. The van der Waals surface area contributed by atoms with E-state index in [1.807, 2.05) is 0 Å². The molecule has 0 spiro atoms. The van der Waals surface area contributed by atoms with E-state index >= 15 is 0 Å². The molecule has 0 aromatic carbocycles. The lowest BCUT2D eigenvalue weighted by Crippen LogP contribution is -2.55. The van der Waals surface area contributed by atoms with Crippen molar-refractivity contribution in [1.29, 1.82) is 0 Å². The monoisotopic (exact) mass is 357 g/mol. The lowest BCUT2D eigenvalue weighted by atomic mass is 10.0. The van der Waals surface area contributed by atoms with Gasteiger partial charge in [-0.3, -0.25) is 14.4 Å². The van der Waals surface area contributed by atoms with E-state index in [2.05, 4.69) is 10.3 Å². The summed E-state index contributed by atoms with van der Waals surface area (Å²) in [5.41, 5.74) is 0.274. The largest absolute Gasteiger partial charge is 0.456 e. The summed E-state index contributed by atoms with van der Waals surface area (Å²) in [7, 11) is 0. The summed E-state index contributed by atoms with van der Waals surface area (Å²) in [5, 5.41) is 16.6. The van der Waals surface area contributed by atoms with E-state index in [1.165, 1.54) is 31.6 Å². The SMILES string of the molecule is CC(=O)OC1COC(n2cc(CO)nn2)C(OC(C)=O)C1OC(C)=O. The van der Waals surface area contributed by atoms with Crippen molar-refractivity contribution in [3.05, 3.63) is 11.9 Å². The zero-order valence-electron chi connectivity index (χ0n) is 13.9. The number of ether oxygens (including phenoxy) is 4. The number of esters is 3. The summed E-state index contributed by atoms with van der Waals surface area (Å²) in [6.07, 6.45) is -2.76. The number of aromatic nitrogens is 3. The number of nitrogens with zero attached hydrogens (tertiary/aromatic N) is 3. The Morgan fingerprint density at radius 1 is 1.16 bits per heavy atom. The fourth-order valence-electron chi connectivity index (χ4n) is 2.46. The van der Waals surface area contributed by atoms with E-state index in [0.29, 0.717) is 0 Å². The standard InChI is InChI=1S/C14H19N3O8/c1-7(19)23-11-6-22-14(17-4-10(5-18)15-16-17)13(25-9(3)21)12(11)24-8(2)20/h4,11-14,18H,5-6H2,1-3H3. The number of hydrogen-bond donors (Lipinski definition) is 1. The molecule has 4 unspecified atom stereocenters. The van der Waals surface area contributed by atoms with E-state index in [0.717, 1.165) is 0 Å². The first-order valence-corrected chi connectivity index (χ1v) is 7.46. The second-order valence-corrected chi connectivity index (χ2v) is 5.37. The van der Waals surface area contributed by atoms with Crippen LogP contribution in [0.4, 0.5) is 0 Å². The van der Waals surface area contributed by atoms with Gasteiger partial charge in [-0.2, -0.15) is 0 Å². The predicted octanol–water partition coefficient (Wildman–Crippen LogP) is -0.906. The van der Waals surface area contributed by atoms with Crippen molar-refractivity contribution in [3.63, 3.8) is 0 Å². The Morgan fingerprint density at radius 3 is 2.28 bits per heavy atom. The first kappa shape index (κ1) is 18.8. The van der Waals surface area contributed by atoms with Crippen LogP contribution in [0.5, 0.6) is 0 Å². The molecular weight excluding hydrogens is 338 g/mol. The number of carbonyl (C=O) groups excluding carboxylic acids is 3. The molecule has 0 amide bonds. The van der Waals surface area contributed by atoms with Gasteiger partial charge in [0.25, 0.3) is 0 Å². The number of hydrogen-bond acceptors (Lipinski definition) is 10. The van der Waals surface area contributed by atoms with Crippen molar-refractivity contribution in [1.82, 2.24) is 15.0 Å². The fraction of sp³-hybridized carbons (Fsp3) is 0.643. The Labute approximate surface area is 142 Å². The Balaban J connectivity index is 2.34. The topological polar surface area (TPSA) is 139 Å². The molecule has 2 rings (SSSR count). The van der Waals surface area contributed by atoms with Gasteiger partial charge >= 0.3 is 17.9 Å². The van der Waals surface area contributed by atoms with Crippen molar-refractivity contribution in [2.75, 3.05) is 6.61 Å². The van der Waals surface area contributed by atoms with Crippen LogP contribution in [0.1, 0.15) is 32.7 Å². The van der Waals surface area contributed by atoms with Gasteiger partial charge in [0.05, 0.1) is 19.4 Å². The molecule has 0 saturated carbocycles. The van der Waals surface area contributed by atoms with Crippen LogP contribution in [0.2, 0.25) is 0 Å². The van der Waals surface area contributed by atoms with Gasteiger partial charge in [-0.1, -0.05) is 5.21 Å². The van der Waals surface area contributed by atoms with E-state index < -0.39 is 42.4 Å². The fourth-order valence-corrected chi connectivity index (χ4v) is 2.46. The van der Waals surface area contributed by atoms with Crippen LogP contribution in [-0.2, 0) is 39.9 Å². The minimum atomic E-state index is -1.13. The molecule has 1 aromatic heterocycles. The molecular formula is C14H19N3O8. The van der Waals surface area contributed by atoms with Gasteiger partial charge in [0, 0.05) is 20.8 Å². The molecule has 1 aromatic rings. The third-order valence-electron chi connectivity index (χ3n) is 3.30. The molecule has 2 heterocycles. The van der Waals surface area contributed by atoms with Crippen molar-refractivity contribution in [3.8, 4) is 0 Å². The molecule has 138 valence electrons. The highest BCUT2D eigenvalue weighted by molar-refractivity contribution is 5.68. The Bertz CT molecular complexity index is 646. The highest BCUT2D eigenvalue weighted by atomic mass is 16.6. The second kappa shape index (κ2) is 8.03. The van der Waals surface area contributed by atoms with Gasteiger partial charge in [-0.15, -0.1) is 5.10 Å². The van der Waals surface area contributed by atoms with Crippen LogP contribution < -0.4 is 0 Å². The second-order valence-electron chi connectivity index (χ2n) is 5.37. The molecule has 1 aliphatic heterocycles.